The number of nitrogens with zero attached hydrogens (tertiary/aromatic N) is 2. The molecule has 0 atom stereocenters. The van der Waals surface area contributed by atoms with Gasteiger partial charge in [0.1, 0.15) is 11.0 Å². The Morgan fingerprint density at radius 1 is 1.07 bits per heavy atom. The van der Waals surface area contributed by atoms with E-state index in [2.05, 4.69) is 5.32 Å². The Balaban J connectivity index is 1.65. The zero-order valence-corrected chi connectivity index (χ0v) is 18.1. The van der Waals surface area contributed by atoms with Gasteiger partial charge in [-0.25, -0.2) is 8.42 Å². The van der Waals surface area contributed by atoms with Crippen LogP contribution in [0, 0.1) is 17.2 Å². The second kappa shape index (κ2) is 8.90. The summed E-state index contributed by atoms with van der Waals surface area (Å²) in [5.74, 6) is -0.561. The number of hydrogen-bond acceptors (Lipinski definition) is 4. The van der Waals surface area contributed by atoms with Gasteiger partial charge in [-0.3, -0.25) is 4.79 Å². The Morgan fingerprint density at radius 3 is 2.38 bits per heavy atom. The molecule has 0 saturated carbocycles. The molecule has 1 fully saturated rings. The predicted molar refractivity (Wildman–Crippen MR) is 113 cm³/mol. The van der Waals surface area contributed by atoms with Gasteiger partial charge >= 0.3 is 0 Å². The molecule has 0 bridgehead atoms. The fourth-order valence-electron chi connectivity index (χ4n) is 3.10. The van der Waals surface area contributed by atoms with Crippen molar-refractivity contribution in [1.29, 1.82) is 5.26 Å². The van der Waals surface area contributed by atoms with Crippen LogP contribution in [0.3, 0.4) is 0 Å². The number of benzene rings is 2. The van der Waals surface area contributed by atoms with Crippen LogP contribution < -0.4 is 5.32 Å². The van der Waals surface area contributed by atoms with E-state index < -0.39 is 10.0 Å². The number of piperidine rings is 1. The minimum Gasteiger partial charge on any atom is -0.326 e. The van der Waals surface area contributed by atoms with Gasteiger partial charge in [-0.2, -0.15) is 9.57 Å². The van der Waals surface area contributed by atoms with Crippen LogP contribution in [0.25, 0.3) is 0 Å². The van der Waals surface area contributed by atoms with Crippen LogP contribution >= 0.6 is 34.8 Å². The van der Waals surface area contributed by atoms with E-state index in [-0.39, 0.29) is 44.9 Å². The highest BCUT2D eigenvalue weighted by Gasteiger charge is 2.33. The Morgan fingerprint density at radius 2 is 1.76 bits per heavy atom. The first-order valence-electron chi connectivity index (χ1n) is 8.68. The third kappa shape index (κ3) is 4.85. The van der Waals surface area contributed by atoms with E-state index in [0.717, 1.165) is 0 Å². The number of carbonyl (C=O) groups excluding carboxylic acids is 1. The summed E-state index contributed by atoms with van der Waals surface area (Å²) in [6.45, 7) is 0.384. The molecule has 10 heteroatoms. The number of halogens is 3. The van der Waals surface area contributed by atoms with E-state index in [1.807, 2.05) is 6.07 Å². The number of hydrogen-bond donors (Lipinski definition) is 1. The van der Waals surface area contributed by atoms with E-state index in [0.29, 0.717) is 24.1 Å². The molecule has 2 aromatic rings. The van der Waals surface area contributed by atoms with E-state index >= 15 is 0 Å². The van der Waals surface area contributed by atoms with Crippen LogP contribution in [0.1, 0.15) is 18.4 Å². The molecule has 1 N–H and O–H groups in total. The van der Waals surface area contributed by atoms with Crippen LogP contribution in [0.5, 0.6) is 0 Å². The van der Waals surface area contributed by atoms with Gasteiger partial charge < -0.3 is 5.32 Å². The summed E-state index contributed by atoms with van der Waals surface area (Å²) in [5, 5.41) is 12.3. The van der Waals surface area contributed by atoms with Gasteiger partial charge in [0, 0.05) is 29.7 Å². The summed E-state index contributed by atoms with van der Waals surface area (Å²) in [4.78, 5) is 12.5. The molecule has 0 unspecified atom stereocenters. The summed E-state index contributed by atoms with van der Waals surface area (Å²) in [6, 6.07) is 10.9. The lowest BCUT2D eigenvalue weighted by atomic mass is 9.97. The highest BCUT2D eigenvalue weighted by molar-refractivity contribution is 7.89. The molecule has 1 amide bonds. The Kier molecular flexibility index (Phi) is 6.72. The van der Waals surface area contributed by atoms with E-state index in [1.165, 1.54) is 34.6 Å². The molecule has 2 aromatic carbocycles. The lowest BCUT2D eigenvalue weighted by molar-refractivity contribution is -0.120. The molecule has 29 heavy (non-hydrogen) atoms. The quantitative estimate of drug-likeness (QED) is 0.706. The van der Waals surface area contributed by atoms with Gasteiger partial charge in [-0.05, 0) is 49.2 Å². The highest BCUT2D eigenvalue weighted by Crippen LogP contribution is 2.31. The highest BCUT2D eigenvalue weighted by atomic mass is 35.5. The van der Waals surface area contributed by atoms with Crippen molar-refractivity contribution in [3.8, 4) is 6.07 Å². The van der Waals surface area contributed by atoms with Crippen LogP contribution in [0.4, 0.5) is 5.69 Å². The van der Waals surface area contributed by atoms with E-state index in [4.69, 9.17) is 40.1 Å². The van der Waals surface area contributed by atoms with Crippen molar-refractivity contribution >= 4 is 56.4 Å². The topological polar surface area (TPSA) is 90.3 Å². The van der Waals surface area contributed by atoms with Crippen molar-refractivity contribution in [2.75, 3.05) is 18.4 Å². The molecule has 3 rings (SSSR count). The van der Waals surface area contributed by atoms with Crippen molar-refractivity contribution in [2.24, 2.45) is 5.92 Å². The first-order valence-corrected chi connectivity index (χ1v) is 11.3. The second-order valence-corrected chi connectivity index (χ2v) is 9.71. The summed E-state index contributed by atoms with van der Waals surface area (Å²) in [6.07, 6.45) is 0.737. The maximum Gasteiger partial charge on any atom is 0.244 e. The monoisotopic (exact) mass is 471 g/mol. The minimum absolute atomic E-state index is 0.0400. The maximum atomic E-state index is 12.9. The number of nitriles is 1. The average molecular weight is 473 g/mol. The van der Waals surface area contributed by atoms with Gasteiger partial charge in [0.25, 0.3) is 0 Å². The number of sulfonamides is 1. The summed E-state index contributed by atoms with van der Waals surface area (Å²) in [7, 11) is -3.80. The minimum atomic E-state index is -3.80. The third-order valence-corrected chi connectivity index (χ3v) is 7.62. The number of nitrogens with one attached hydrogen (secondary N) is 1. The maximum absolute atomic E-state index is 12.9. The molecule has 0 radical (unpaired) electrons. The average Bonchev–Trinajstić information content (AvgIpc) is 2.70. The first kappa shape index (κ1) is 21.9. The number of rotatable bonds is 4. The number of anilines is 1. The van der Waals surface area contributed by atoms with Crippen LogP contribution in [0.2, 0.25) is 15.1 Å². The van der Waals surface area contributed by atoms with Crippen LogP contribution in [-0.4, -0.2) is 31.7 Å². The molecule has 6 nitrogen and oxygen atoms in total. The van der Waals surface area contributed by atoms with E-state index in [9.17, 15) is 13.2 Å². The Labute approximate surface area is 184 Å². The standard InChI is InChI=1S/C19H16Cl3N3O3S/c20-14-2-4-16(21)18(9-14)29(27,28)25-7-5-12(6-8-25)19(26)24-15-3-1-13(11-23)17(22)10-15/h1-4,9-10,12H,5-8H2,(H,24,26). The predicted octanol–water partition coefficient (Wildman–Crippen LogP) is 4.56. The summed E-state index contributed by atoms with van der Waals surface area (Å²) in [5.41, 5.74) is 0.808. The molecule has 0 aromatic heterocycles. The fraction of sp³-hybridized carbons (Fsp3) is 0.263. The Hall–Kier alpha value is -1.82. The van der Waals surface area contributed by atoms with Crippen molar-refractivity contribution < 1.29 is 13.2 Å². The van der Waals surface area contributed by atoms with Gasteiger partial charge in [0.2, 0.25) is 15.9 Å². The van der Waals surface area contributed by atoms with Crippen molar-refractivity contribution in [3.05, 3.63) is 57.0 Å². The van der Waals surface area contributed by atoms with Gasteiger partial charge in [0.15, 0.2) is 0 Å². The van der Waals surface area contributed by atoms with Crippen LogP contribution in [-0.2, 0) is 14.8 Å². The van der Waals surface area contributed by atoms with Gasteiger partial charge in [-0.15, -0.1) is 0 Å². The molecular weight excluding hydrogens is 457 g/mol. The second-order valence-electron chi connectivity index (χ2n) is 6.55. The van der Waals surface area contributed by atoms with Crippen molar-refractivity contribution in [2.45, 2.75) is 17.7 Å². The fourth-order valence-corrected chi connectivity index (χ4v) is 5.53. The normalized spacial score (nSPS) is 15.7. The lowest BCUT2D eigenvalue weighted by Gasteiger charge is -2.30. The molecule has 152 valence electrons. The molecule has 0 aliphatic carbocycles. The lowest BCUT2D eigenvalue weighted by Crippen LogP contribution is -2.41. The zero-order chi connectivity index (χ0) is 21.2. The first-order chi connectivity index (χ1) is 13.7. The summed E-state index contributed by atoms with van der Waals surface area (Å²) >= 11 is 17.9. The third-order valence-electron chi connectivity index (χ3n) is 4.69. The van der Waals surface area contributed by atoms with Gasteiger partial charge in [0.05, 0.1) is 15.6 Å². The SMILES string of the molecule is N#Cc1ccc(NC(=O)C2CCN(S(=O)(=O)c3cc(Cl)ccc3Cl)CC2)cc1Cl. The molecule has 1 aliphatic heterocycles. The van der Waals surface area contributed by atoms with Gasteiger partial charge in [-0.1, -0.05) is 34.8 Å². The Bertz CT molecular complexity index is 1090. The molecular formula is C19H16Cl3N3O3S. The smallest absolute Gasteiger partial charge is 0.244 e. The zero-order valence-electron chi connectivity index (χ0n) is 15.0. The largest absolute Gasteiger partial charge is 0.326 e. The van der Waals surface area contributed by atoms with Crippen molar-refractivity contribution in [3.63, 3.8) is 0 Å². The number of amides is 1. The van der Waals surface area contributed by atoms with Crippen LogP contribution in [0.15, 0.2) is 41.3 Å². The van der Waals surface area contributed by atoms with Crippen molar-refractivity contribution in [1.82, 2.24) is 4.31 Å². The molecule has 1 saturated heterocycles. The molecule has 1 aliphatic rings. The summed E-state index contributed by atoms with van der Waals surface area (Å²) < 4.78 is 27.0. The number of carbonyl (C=O) groups is 1. The molecule has 0 spiro atoms. The molecule has 1 heterocycles. The van der Waals surface area contributed by atoms with E-state index in [1.54, 1.807) is 6.07 Å².